The molecule has 0 aliphatic heterocycles. The van der Waals surface area contributed by atoms with E-state index in [-0.39, 0.29) is 18.1 Å². The van der Waals surface area contributed by atoms with Crippen LogP contribution in [0.1, 0.15) is 30.6 Å². The van der Waals surface area contributed by atoms with Crippen LogP contribution in [0.15, 0.2) is 18.2 Å². The van der Waals surface area contributed by atoms with Crippen LogP contribution < -0.4 is 4.74 Å². The molecule has 0 spiro atoms. The van der Waals surface area contributed by atoms with Crippen LogP contribution in [0, 0.1) is 5.82 Å². The molecule has 88 valence electrons. The number of carbonyl (C=O) groups excluding carboxylic acids is 1. The molecule has 3 nitrogen and oxygen atoms in total. The van der Waals surface area contributed by atoms with E-state index in [2.05, 4.69) is 0 Å². The molecule has 16 heavy (non-hydrogen) atoms. The van der Waals surface area contributed by atoms with Gasteiger partial charge in [-0.1, -0.05) is 6.92 Å². The summed E-state index contributed by atoms with van der Waals surface area (Å²) in [7, 11) is 0. The van der Waals surface area contributed by atoms with Gasteiger partial charge in [-0.2, -0.15) is 0 Å². The van der Waals surface area contributed by atoms with Gasteiger partial charge in [0.2, 0.25) is 0 Å². The lowest BCUT2D eigenvalue weighted by atomic mass is 10.1. The number of Topliss-reactive ketones (excluding diaryl/α,β-unsaturated/α-hetero) is 1. The molecule has 0 amide bonds. The fourth-order valence-corrected chi connectivity index (χ4v) is 1.14. The highest BCUT2D eigenvalue weighted by atomic mass is 19.1. The average Bonchev–Trinajstić information content (AvgIpc) is 2.26. The lowest BCUT2D eigenvalue weighted by Gasteiger charge is -2.11. The van der Waals surface area contributed by atoms with Gasteiger partial charge in [0.15, 0.2) is 17.3 Å². The monoisotopic (exact) mass is 226 g/mol. The summed E-state index contributed by atoms with van der Waals surface area (Å²) in [5.41, 5.74) is 0.306. The fourth-order valence-electron chi connectivity index (χ4n) is 1.14. The number of hydrogen-bond donors (Lipinski definition) is 1. The molecule has 1 rings (SSSR count). The Balaban J connectivity index is 2.72. The molecular weight excluding hydrogens is 211 g/mol. The molecule has 0 bridgehead atoms. The number of carbonyl (C=O) groups is 1. The summed E-state index contributed by atoms with van der Waals surface area (Å²) in [4.78, 5) is 11.0. The number of rotatable bonds is 5. The largest absolute Gasteiger partial charge is 0.488 e. The zero-order chi connectivity index (χ0) is 12.1. The average molecular weight is 226 g/mol. The van der Waals surface area contributed by atoms with Crippen molar-refractivity contribution < 1.29 is 19.0 Å². The van der Waals surface area contributed by atoms with Gasteiger partial charge >= 0.3 is 0 Å². The summed E-state index contributed by atoms with van der Waals surface area (Å²) in [6.45, 7) is 3.23. The van der Waals surface area contributed by atoms with E-state index in [0.29, 0.717) is 12.0 Å². The van der Waals surface area contributed by atoms with E-state index in [0.717, 1.165) is 6.07 Å². The van der Waals surface area contributed by atoms with Gasteiger partial charge in [0.1, 0.15) is 6.61 Å². The number of halogens is 1. The Bertz CT molecular complexity index is 377. The normalized spacial score (nSPS) is 12.2. The van der Waals surface area contributed by atoms with Gasteiger partial charge in [-0.3, -0.25) is 4.79 Å². The molecule has 0 fully saturated rings. The zero-order valence-electron chi connectivity index (χ0n) is 9.37. The summed E-state index contributed by atoms with van der Waals surface area (Å²) < 4.78 is 18.5. The molecule has 1 unspecified atom stereocenters. The zero-order valence-corrected chi connectivity index (χ0v) is 9.37. The van der Waals surface area contributed by atoms with E-state index in [1.807, 2.05) is 6.92 Å². The van der Waals surface area contributed by atoms with Crippen molar-refractivity contribution in [2.45, 2.75) is 26.4 Å². The summed E-state index contributed by atoms with van der Waals surface area (Å²) in [5, 5.41) is 9.25. The van der Waals surface area contributed by atoms with Gasteiger partial charge in [-0.05, 0) is 31.5 Å². The summed E-state index contributed by atoms with van der Waals surface area (Å²) in [6, 6.07) is 4.03. The van der Waals surface area contributed by atoms with Gasteiger partial charge in [0, 0.05) is 5.56 Å². The van der Waals surface area contributed by atoms with Crippen molar-refractivity contribution in [3.8, 4) is 5.75 Å². The Kier molecular flexibility index (Phi) is 4.43. The van der Waals surface area contributed by atoms with Crippen molar-refractivity contribution in [3.63, 3.8) is 0 Å². The molecule has 0 heterocycles. The van der Waals surface area contributed by atoms with E-state index in [1.54, 1.807) is 0 Å². The van der Waals surface area contributed by atoms with Gasteiger partial charge in [-0.15, -0.1) is 0 Å². The SMILES string of the molecule is CCC(O)COc1ccc(C(C)=O)cc1F. The predicted octanol–water partition coefficient (Wildman–Crippen LogP) is 2.18. The maximum absolute atomic E-state index is 13.4. The number of ether oxygens (including phenoxy) is 1. The van der Waals surface area contributed by atoms with Crippen LogP contribution in [-0.2, 0) is 0 Å². The lowest BCUT2D eigenvalue weighted by molar-refractivity contribution is 0.100. The maximum atomic E-state index is 13.4. The van der Waals surface area contributed by atoms with Crippen LogP contribution in [0.4, 0.5) is 4.39 Å². The lowest BCUT2D eigenvalue weighted by Crippen LogP contribution is -2.16. The second-order valence-electron chi connectivity index (χ2n) is 3.57. The van der Waals surface area contributed by atoms with Gasteiger partial charge in [0.25, 0.3) is 0 Å². The molecule has 0 saturated heterocycles. The van der Waals surface area contributed by atoms with Crippen LogP contribution in [-0.4, -0.2) is 23.6 Å². The first kappa shape index (κ1) is 12.6. The summed E-state index contributed by atoms with van der Waals surface area (Å²) in [6.07, 6.45) is -0.0560. The molecule has 4 heteroatoms. The van der Waals surface area contributed by atoms with Crippen molar-refractivity contribution in [1.82, 2.24) is 0 Å². The van der Waals surface area contributed by atoms with Crippen molar-refractivity contribution in [2.75, 3.05) is 6.61 Å². The predicted molar refractivity (Wildman–Crippen MR) is 58.2 cm³/mol. The molecule has 0 radical (unpaired) electrons. The molecule has 0 saturated carbocycles. The third-order valence-electron chi connectivity index (χ3n) is 2.24. The van der Waals surface area contributed by atoms with Crippen molar-refractivity contribution in [3.05, 3.63) is 29.6 Å². The first-order valence-electron chi connectivity index (χ1n) is 5.16. The van der Waals surface area contributed by atoms with E-state index >= 15 is 0 Å². The van der Waals surface area contributed by atoms with Gasteiger partial charge in [0.05, 0.1) is 6.10 Å². The fraction of sp³-hybridized carbons (Fsp3) is 0.417. The van der Waals surface area contributed by atoms with Crippen molar-refractivity contribution >= 4 is 5.78 Å². The minimum atomic E-state index is -0.605. The van der Waals surface area contributed by atoms with Crippen molar-refractivity contribution in [2.24, 2.45) is 0 Å². The van der Waals surface area contributed by atoms with Crippen LogP contribution in [0.3, 0.4) is 0 Å². The first-order valence-corrected chi connectivity index (χ1v) is 5.16. The van der Waals surface area contributed by atoms with E-state index in [9.17, 15) is 14.3 Å². The highest BCUT2D eigenvalue weighted by molar-refractivity contribution is 5.94. The van der Waals surface area contributed by atoms with Crippen LogP contribution in [0.2, 0.25) is 0 Å². The number of aliphatic hydroxyl groups is 1. The third kappa shape index (κ3) is 3.31. The molecular formula is C12H15FO3. The molecule has 1 aromatic carbocycles. The second-order valence-corrected chi connectivity index (χ2v) is 3.57. The second kappa shape index (κ2) is 5.61. The quantitative estimate of drug-likeness (QED) is 0.783. The number of hydrogen-bond acceptors (Lipinski definition) is 3. The standard InChI is InChI=1S/C12H15FO3/c1-3-10(15)7-16-12-5-4-9(8(2)14)6-11(12)13/h4-6,10,15H,3,7H2,1-2H3. The number of ketones is 1. The van der Waals surface area contributed by atoms with Crippen molar-refractivity contribution in [1.29, 1.82) is 0 Å². The maximum Gasteiger partial charge on any atom is 0.165 e. The smallest absolute Gasteiger partial charge is 0.165 e. The number of aliphatic hydroxyl groups excluding tert-OH is 1. The Morgan fingerprint density at radius 1 is 1.56 bits per heavy atom. The minimum absolute atomic E-state index is 0.0485. The highest BCUT2D eigenvalue weighted by Gasteiger charge is 2.09. The van der Waals surface area contributed by atoms with Crippen LogP contribution in [0.25, 0.3) is 0 Å². The summed E-state index contributed by atoms with van der Waals surface area (Å²) in [5.74, 6) is -0.729. The molecule has 0 aliphatic carbocycles. The third-order valence-corrected chi connectivity index (χ3v) is 2.24. The first-order chi connectivity index (χ1) is 7.54. The number of benzene rings is 1. The Hall–Kier alpha value is -1.42. The van der Waals surface area contributed by atoms with Crippen LogP contribution >= 0.6 is 0 Å². The molecule has 1 atom stereocenters. The van der Waals surface area contributed by atoms with Crippen LogP contribution in [0.5, 0.6) is 5.75 Å². The Morgan fingerprint density at radius 3 is 2.75 bits per heavy atom. The molecule has 1 aromatic rings. The summed E-state index contributed by atoms with van der Waals surface area (Å²) >= 11 is 0. The highest BCUT2D eigenvalue weighted by Crippen LogP contribution is 2.18. The van der Waals surface area contributed by atoms with Gasteiger partial charge in [-0.25, -0.2) is 4.39 Å². The Morgan fingerprint density at radius 2 is 2.25 bits per heavy atom. The molecule has 0 aliphatic rings. The van der Waals surface area contributed by atoms with E-state index in [1.165, 1.54) is 19.1 Å². The molecule has 0 aromatic heterocycles. The molecule has 1 N–H and O–H groups in total. The van der Waals surface area contributed by atoms with E-state index in [4.69, 9.17) is 4.74 Å². The topological polar surface area (TPSA) is 46.5 Å². The van der Waals surface area contributed by atoms with E-state index < -0.39 is 11.9 Å². The minimum Gasteiger partial charge on any atom is -0.488 e. The Labute approximate surface area is 93.9 Å². The van der Waals surface area contributed by atoms with Gasteiger partial charge < -0.3 is 9.84 Å².